The fourth-order valence-electron chi connectivity index (χ4n) is 2.90. The van der Waals surface area contributed by atoms with Gasteiger partial charge in [0.2, 0.25) is 11.8 Å². The van der Waals surface area contributed by atoms with Crippen LogP contribution < -0.4 is 10.6 Å². The van der Waals surface area contributed by atoms with Crippen LogP contribution in [0.2, 0.25) is 0 Å². The van der Waals surface area contributed by atoms with Crippen LogP contribution in [0.15, 0.2) is 30.3 Å². The van der Waals surface area contributed by atoms with Gasteiger partial charge in [-0.25, -0.2) is 0 Å². The van der Waals surface area contributed by atoms with E-state index < -0.39 is 0 Å². The number of benzene rings is 1. The van der Waals surface area contributed by atoms with Gasteiger partial charge < -0.3 is 20.3 Å². The highest BCUT2D eigenvalue weighted by Gasteiger charge is 2.33. The Morgan fingerprint density at radius 2 is 1.96 bits per heavy atom. The predicted molar refractivity (Wildman–Crippen MR) is 99.9 cm³/mol. The van der Waals surface area contributed by atoms with E-state index in [9.17, 15) is 9.59 Å². The summed E-state index contributed by atoms with van der Waals surface area (Å²) < 4.78 is 4.95. The van der Waals surface area contributed by atoms with E-state index in [0.717, 1.165) is 24.9 Å². The molecule has 1 aliphatic rings. The summed E-state index contributed by atoms with van der Waals surface area (Å²) in [5.74, 6) is -0.0282. The normalized spacial score (nSPS) is 16.4. The van der Waals surface area contributed by atoms with Crippen molar-refractivity contribution >= 4 is 24.2 Å². The molecular formula is C18H28ClN3O3. The number of amides is 2. The molecule has 0 spiro atoms. The van der Waals surface area contributed by atoms with Gasteiger partial charge in [0.15, 0.2) is 0 Å². The van der Waals surface area contributed by atoms with Gasteiger partial charge in [-0.1, -0.05) is 30.3 Å². The van der Waals surface area contributed by atoms with Crippen LogP contribution in [0.3, 0.4) is 0 Å². The van der Waals surface area contributed by atoms with Crippen LogP contribution >= 0.6 is 12.4 Å². The van der Waals surface area contributed by atoms with E-state index >= 15 is 0 Å². The SMILES string of the molecule is COCCNCCNC(=O)C1CCCN1C(=O)Cc1ccccc1.Cl. The smallest absolute Gasteiger partial charge is 0.242 e. The summed E-state index contributed by atoms with van der Waals surface area (Å²) in [5, 5.41) is 6.09. The van der Waals surface area contributed by atoms with Crippen molar-refractivity contribution < 1.29 is 14.3 Å². The zero-order chi connectivity index (χ0) is 17.2. The van der Waals surface area contributed by atoms with E-state index in [0.29, 0.717) is 32.7 Å². The fourth-order valence-corrected chi connectivity index (χ4v) is 2.90. The highest BCUT2D eigenvalue weighted by molar-refractivity contribution is 5.89. The van der Waals surface area contributed by atoms with Gasteiger partial charge in [-0.2, -0.15) is 0 Å². The van der Waals surface area contributed by atoms with Crippen LogP contribution in [0.4, 0.5) is 0 Å². The molecule has 0 radical (unpaired) electrons. The van der Waals surface area contributed by atoms with Crippen LogP contribution in [0.1, 0.15) is 18.4 Å². The van der Waals surface area contributed by atoms with E-state index in [-0.39, 0.29) is 30.3 Å². The van der Waals surface area contributed by atoms with Gasteiger partial charge in [-0.3, -0.25) is 9.59 Å². The van der Waals surface area contributed by atoms with Crippen molar-refractivity contribution in [2.45, 2.75) is 25.3 Å². The third kappa shape index (κ3) is 7.02. The second-order valence-corrected chi connectivity index (χ2v) is 5.94. The summed E-state index contributed by atoms with van der Waals surface area (Å²) >= 11 is 0. The molecule has 1 aromatic carbocycles. The summed E-state index contributed by atoms with van der Waals surface area (Å²) in [5.41, 5.74) is 0.982. The number of halogens is 1. The maximum absolute atomic E-state index is 12.5. The number of ether oxygens (including phenoxy) is 1. The Hall–Kier alpha value is -1.63. The number of nitrogens with zero attached hydrogens (tertiary/aromatic N) is 1. The standard InChI is InChI=1S/C18H27N3O3.ClH/c1-24-13-11-19-9-10-20-18(23)16-8-5-12-21(16)17(22)14-15-6-3-2-4-7-15;/h2-4,6-7,16,19H,5,8-14H2,1H3,(H,20,23);1H. The van der Waals surface area contributed by atoms with Gasteiger partial charge in [0.05, 0.1) is 13.0 Å². The molecule has 1 saturated heterocycles. The molecule has 1 atom stereocenters. The fraction of sp³-hybridized carbons (Fsp3) is 0.556. The zero-order valence-corrected chi connectivity index (χ0v) is 15.5. The molecule has 6 nitrogen and oxygen atoms in total. The summed E-state index contributed by atoms with van der Waals surface area (Å²) in [7, 11) is 1.66. The summed E-state index contributed by atoms with van der Waals surface area (Å²) in [6, 6.07) is 9.32. The minimum absolute atomic E-state index is 0. The molecule has 140 valence electrons. The van der Waals surface area contributed by atoms with Crippen molar-refractivity contribution in [2.75, 3.05) is 39.9 Å². The van der Waals surface area contributed by atoms with Gasteiger partial charge in [0, 0.05) is 33.3 Å². The Morgan fingerprint density at radius 1 is 1.20 bits per heavy atom. The molecule has 2 amide bonds. The Kier molecular flexibility index (Phi) is 10.1. The van der Waals surface area contributed by atoms with E-state index in [1.54, 1.807) is 12.0 Å². The Morgan fingerprint density at radius 3 is 2.68 bits per heavy atom. The maximum Gasteiger partial charge on any atom is 0.242 e. The average molecular weight is 370 g/mol. The number of hydrogen-bond acceptors (Lipinski definition) is 4. The number of hydrogen-bond donors (Lipinski definition) is 2. The van der Waals surface area contributed by atoms with Crippen LogP contribution in [-0.2, 0) is 20.7 Å². The topological polar surface area (TPSA) is 70.7 Å². The van der Waals surface area contributed by atoms with E-state index in [1.165, 1.54) is 0 Å². The molecule has 0 aromatic heterocycles. The summed E-state index contributed by atoms with van der Waals surface area (Å²) in [4.78, 5) is 26.6. The number of methoxy groups -OCH3 is 1. The third-order valence-corrected chi connectivity index (χ3v) is 4.16. The Labute approximate surface area is 155 Å². The zero-order valence-electron chi connectivity index (χ0n) is 14.7. The number of carbonyl (C=O) groups excluding carboxylic acids is 2. The molecule has 1 unspecified atom stereocenters. The number of likely N-dealkylation sites (tertiary alicyclic amines) is 1. The molecule has 1 aliphatic heterocycles. The second-order valence-electron chi connectivity index (χ2n) is 5.94. The molecule has 1 aromatic rings. The predicted octanol–water partition coefficient (Wildman–Crippen LogP) is 0.994. The number of rotatable bonds is 9. The lowest BCUT2D eigenvalue weighted by molar-refractivity contribution is -0.137. The third-order valence-electron chi connectivity index (χ3n) is 4.16. The molecule has 1 heterocycles. The van der Waals surface area contributed by atoms with E-state index in [2.05, 4.69) is 10.6 Å². The number of nitrogens with one attached hydrogen (secondary N) is 2. The molecule has 1 fully saturated rings. The van der Waals surface area contributed by atoms with Crippen molar-refractivity contribution in [3.05, 3.63) is 35.9 Å². The van der Waals surface area contributed by atoms with Crippen molar-refractivity contribution in [3.8, 4) is 0 Å². The largest absolute Gasteiger partial charge is 0.383 e. The lowest BCUT2D eigenvalue weighted by Gasteiger charge is -2.24. The van der Waals surface area contributed by atoms with Crippen molar-refractivity contribution in [2.24, 2.45) is 0 Å². The molecule has 0 saturated carbocycles. The molecule has 2 N–H and O–H groups in total. The molecule has 0 bridgehead atoms. The van der Waals surface area contributed by atoms with Crippen LogP contribution in [0, 0.1) is 0 Å². The molecular weight excluding hydrogens is 342 g/mol. The first-order valence-electron chi connectivity index (χ1n) is 8.53. The first-order chi connectivity index (χ1) is 11.7. The molecule has 2 rings (SSSR count). The monoisotopic (exact) mass is 369 g/mol. The van der Waals surface area contributed by atoms with Gasteiger partial charge in [0.1, 0.15) is 6.04 Å². The molecule has 25 heavy (non-hydrogen) atoms. The van der Waals surface area contributed by atoms with Crippen molar-refractivity contribution in [3.63, 3.8) is 0 Å². The quantitative estimate of drug-likeness (QED) is 0.637. The molecule has 0 aliphatic carbocycles. The maximum atomic E-state index is 12.5. The van der Waals surface area contributed by atoms with Crippen molar-refractivity contribution in [1.29, 1.82) is 0 Å². The summed E-state index contributed by atoms with van der Waals surface area (Å²) in [6.45, 7) is 3.32. The average Bonchev–Trinajstić information content (AvgIpc) is 3.08. The van der Waals surface area contributed by atoms with E-state index in [4.69, 9.17) is 4.74 Å². The number of carbonyl (C=O) groups is 2. The lowest BCUT2D eigenvalue weighted by Crippen LogP contribution is -2.47. The minimum atomic E-state index is -0.333. The lowest BCUT2D eigenvalue weighted by atomic mass is 10.1. The first-order valence-corrected chi connectivity index (χ1v) is 8.53. The van der Waals surface area contributed by atoms with E-state index in [1.807, 2.05) is 30.3 Å². The van der Waals surface area contributed by atoms with Gasteiger partial charge in [-0.05, 0) is 18.4 Å². The second kappa shape index (κ2) is 11.8. The summed E-state index contributed by atoms with van der Waals surface area (Å²) in [6.07, 6.45) is 1.97. The van der Waals surface area contributed by atoms with Crippen LogP contribution in [0.5, 0.6) is 0 Å². The van der Waals surface area contributed by atoms with Gasteiger partial charge in [-0.15, -0.1) is 12.4 Å². The van der Waals surface area contributed by atoms with Gasteiger partial charge >= 0.3 is 0 Å². The minimum Gasteiger partial charge on any atom is -0.383 e. The molecule has 7 heteroatoms. The highest BCUT2D eigenvalue weighted by atomic mass is 35.5. The van der Waals surface area contributed by atoms with Crippen molar-refractivity contribution in [1.82, 2.24) is 15.5 Å². The van der Waals surface area contributed by atoms with Crippen LogP contribution in [0.25, 0.3) is 0 Å². The van der Waals surface area contributed by atoms with Crippen LogP contribution in [-0.4, -0.2) is 62.7 Å². The van der Waals surface area contributed by atoms with Gasteiger partial charge in [0.25, 0.3) is 0 Å². The first kappa shape index (κ1) is 21.4. The Bertz CT molecular complexity index is 528. The highest BCUT2D eigenvalue weighted by Crippen LogP contribution is 2.18. The Balaban J connectivity index is 0.00000312.